The van der Waals surface area contributed by atoms with Crippen LogP contribution in [0.4, 0.5) is 0 Å². The zero-order chi connectivity index (χ0) is 26.0. The molecule has 0 radical (unpaired) electrons. The van der Waals surface area contributed by atoms with Crippen LogP contribution in [0.15, 0.2) is 71.1 Å². The zero-order valence-electron chi connectivity index (χ0n) is 22.8. The molecule has 0 aliphatic rings. The fraction of sp³-hybridized carbons (Fsp3) is 0.273. The average Bonchev–Trinajstić information content (AvgIpc) is 3.38. The van der Waals surface area contributed by atoms with Gasteiger partial charge in [-0.2, -0.15) is 4.57 Å². The summed E-state index contributed by atoms with van der Waals surface area (Å²) in [5, 5.41) is 2.15. The molecule has 4 heteroatoms. The molecule has 0 spiro atoms. The third-order valence-corrected chi connectivity index (χ3v) is 7.66. The van der Waals surface area contributed by atoms with Crippen molar-refractivity contribution in [2.24, 2.45) is 7.05 Å². The number of furan rings is 1. The number of aryl methyl sites for hydroxylation is 3. The minimum Gasteiger partial charge on any atom is -0.437 e. The first kappa shape index (κ1) is 23.5. The van der Waals surface area contributed by atoms with E-state index in [2.05, 4.69) is 118 Å². The van der Waals surface area contributed by atoms with Crippen LogP contribution in [-0.2, 0) is 7.05 Å². The second kappa shape index (κ2) is 8.58. The number of imidazole rings is 1. The summed E-state index contributed by atoms with van der Waals surface area (Å²) >= 11 is 0. The average molecular weight is 489 g/mol. The van der Waals surface area contributed by atoms with Gasteiger partial charge in [0.25, 0.3) is 5.82 Å². The van der Waals surface area contributed by atoms with Gasteiger partial charge in [0.1, 0.15) is 11.3 Å². The van der Waals surface area contributed by atoms with E-state index in [-0.39, 0.29) is 0 Å². The minimum atomic E-state index is 0.378. The Kier molecular flexibility index (Phi) is 5.45. The third-order valence-electron chi connectivity index (χ3n) is 7.66. The predicted molar refractivity (Wildman–Crippen MR) is 153 cm³/mol. The summed E-state index contributed by atoms with van der Waals surface area (Å²) in [5.41, 5.74) is 11.2. The fourth-order valence-corrected chi connectivity index (χ4v) is 5.78. The van der Waals surface area contributed by atoms with Gasteiger partial charge >= 0.3 is 0 Å². The van der Waals surface area contributed by atoms with Crippen LogP contribution in [0, 0.1) is 13.8 Å². The largest absolute Gasteiger partial charge is 0.437 e. The molecule has 0 saturated carbocycles. The van der Waals surface area contributed by atoms with Crippen LogP contribution in [0.1, 0.15) is 61.9 Å². The Morgan fingerprint density at radius 1 is 0.784 bits per heavy atom. The van der Waals surface area contributed by atoms with Crippen molar-refractivity contribution >= 4 is 33.1 Å². The van der Waals surface area contributed by atoms with E-state index in [4.69, 9.17) is 9.40 Å². The molecular weight excluding hydrogens is 454 g/mol. The van der Waals surface area contributed by atoms with E-state index in [9.17, 15) is 0 Å². The first-order chi connectivity index (χ1) is 17.8. The van der Waals surface area contributed by atoms with Gasteiger partial charge in [-0.25, -0.2) is 9.55 Å². The molecule has 0 saturated heterocycles. The van der Waals surface area contributed by atoms with Crippen LogP contribution in [-0.4, -0.2) is 9.55 Å². The topological polar surface area (TPSA) is 34.8 Å². The lowest BCUT2D eigenvalue weighted by Crippen LogP contribution is -2.30. The summed E-state index contributed by atoms with van der Waals surface area (Å²) in [7, 11) is 2.17. The van der Waals surface area contributed by atoms with Gasteiger partial charge in [-0.15, -0.1) is 0 Å². The van der Waals surface area contributed by atoms with Crippen molar-refractivity contribution in [3.8, 4) is 17.1 Å². The number of pyridine rings is 1. The fourth-order valence-electron chi connectivity index (χ4n) is 5.78. The maximum absolute atomic E-state index is 6.56. The Balaban J connectivity index is 1.83. The van der Waals surface area contributed by atoms with Crippen molar-refractivity contribution in [1.82, 2.24) is 9.55 Å². The first-order valence-electron chi connectivity index (χ1n) is 13.2. The third kappa shape index (κ3) is 3.50. The van der Waals surface area contributed by atoms with Crippen LogP contribution >= 0.6 is 0 Å². The van der Waals surface area contributed by atoms with Crippen molar-refractivity contribution in [3.05, 3.63) is 89.1 Å². The molecular formula is C33H34N3O+. The monoisotopic (exact) mass is 488 g/mol. The Bertz CT molecular complexity index is 1790. The van der Waals surface area contributed by atoms with Gasteiger partial charge in [0.15, 0.2) is 16.6 Å². The zero-order valence-corrected chi connectivity index (χ0v) is 22.8. The lowest BCUT2D eigenvalue weighted by molar-refractivity contribution is -0.633. The molecule has 3 aromatic heterocycles. The predicted octanol–water partition coefficient (Wildman–Crippen LogP) is 8.28. The second-order valence-electron chi connectivity index (χ2n) is 10.8. The molecule has 0 N–H and O–H groups in total. The van der Waals surface area contributed by atoms with E-state index in [1.807, 2.05) is 6.92 Å². The molecule has 0 aliphatic carbocycles. The highest BCUT2D eigenvalue weighted by atomic mass is 16.3. The maximum Gasteiger partial charge on any atom is 0.299 e. The lowest BCUT2D eigenvalue weighted by Gasteiger charge is -2.18. The minimum absolute atomic E-state index is 0.378. The first-order valence-corrected chi connectivity index (χ1v) is 13.2. The van der Waals surface area contributed by atoms with Crippen LogP contribution in [0.2, 0.25) is 0 Å². The number of fused-ring (bicyclic) bond motifs is 4. The van der Waals surface area contributed by atoms with Gasteiger partial charge in [0.05, 0.1) is 7.05 Å². The van der Waals surface area contributed by atoms with Crippen LogP contribution < -0.4 is 4.57 Å². The summed E-state index contributed by atoms with van der Waals surface area (Å²) in [6.07, 6.45) is 0. The highest BCUT2D eigenvalue weighted by molar-refractivity contribution is 6.09. The second-order valence-corrected chi connectivity index (χ2v) is 10.8. The number of aromatic nitrogens is 3. The summed E-state index contributed by atoms with van der Waals surface area (Å²) in [4.78, 5) is 4.72. The van der Waals surface area contributed by atoms with Crippen molar-refractivity contribution in [2.75, 3.05) is 0 Å². The molecule has 37 heavy (non-hydrogen) atoms. The van der Waals surface area contributed by atoms with Crippen molar-refractivity contribution in [1.29, 1.82) is 0 Å². The maximum atomic E-state index is 6.56. The Morgan fingerprint density at radius 3 is 2.16 bits per heavy atom. The molecule has 4 nitrogen and oxygen atoms in total. The van der Waals surface area contributed by atoms with E-state index < -0.39 is 0 Å². The SMILES string of the molecule is Cc1ccc2c(n1)oc1c(-c3n(-c4c(C(C)C)cccc4C(C)C)c4ccccc4[n+]3C)c(C)ccc12. The van der Waals surface area contributed by atoms with E-state index >= 15 is 0 Å². The highest BCUT2D eigenvalue weighted by Crippen LogP contribution is 2.41. The number of rotatable bonds is 4. The summed E-state index contributed by atoms with van der Waals surface area (Å²) in [5.74, 6) is 1.88. The molecule has 6 rings (SSSR count). The van der Waals surface area contributed by atoms with Crippen LogP contribution in [0.3, 0.4) is 0 Å². The van der Waals surface area contributed by atoms with E-state index in [0.29, 0.717) is 17.5 Å². The van der Waals surface area contributed by atoms with Gasteiger partial charge in [-0.05, 0) is 55.5 Å². The number of nitrogens with zero attached hydrogens (tertiary/aromatic N) is 3. The number of hydrogen-bond donors (Lipinski definition) is 0. The number of benzene rings is 3. The van der Waals surface area contributed by atoms with Crippen LogP contribution in [0.5, 0.6) is 0 Å². The van der Waals surface area contributed by atoms with Crippen molar-refractivity contribution in [3.63, 3.8) is 0 Å². The van der Waals surface area contributed by atoms with E-state index in [1.54, 1.807) is 0 Å². The van der Waals surface area contributed by atoms with E-state index in [1.165, 1.54) is 33.4 Å². The standard InChI is InChI=1S/C33H34N3O/c1-19(2)23-11-10-12-24(20(3)4)30(23)36-28-14-9-8-13-27(28)35(7)33(36)29-21(5)15-17-25-26-18-16-22(6)34-32(26)37-31(25)29/h8-20H,1-7H3/q+1. The molecule has 0 fully saturated rings. The number of hydrogen-bond acceptors (Lipinski definition) is 2. The quantitative estimate of drug-likeness (QED) is 0.234. The van der Waals surface area contributed by atoms with Crippen molar-refractivity contribution in [2.45, 2.75) is 53.4 Å². The van der Waals surface area contributed by atoms with E-state index in [0.717, 1.165) is 33.4 Å². The van der Waals surface area contributed by atoms with Gasteiger partial charge in [0, 0.05) is 27.6 Å². The summed E-state index contributed by atoms with van der Waals surface area (Å²) < 4.78 is 11.4. The van der Waals surface area contributed by atoms with Crippen molar-refractivity contribution < 1.29 is 8.98 Å². The van der Waals surface area contributed by atoms with Gasteiger partial charge in [-0.1, -0.05) is 70.2 Å². The normalized spacial score (nSPS) is 12.1. The Hall–Kier alpha value is -3.92. The molecule has 186 valence electrons. The Morgan fingerprint density at radius 2 is 1.46 bits per heavy atom. The molecule has 0 atom stereocenters. The van der Waals surface area contributed by atoms with Gasteiger partial charge in [0.2, 0.25) is 5.71 Å². The van der Waals surface area contributed by atoms with Gasteiger partial charge < -0.3 is 4.42 Å². The van der Waals surface area contributed by atoms with Crippen LogP contribution in [0.25, 0.3) is 50.2 Å². The molecule has 3 heterocycles. The smallest absolute Gasteiger partial charge is 0.299 e. The summed E-state index contributed by atoms with van der Waals surface area (Å²) in [6.45, 7) is 13.3. The molecule has 0 unspecified atom stereocenters. The molecule has 0 amide bonds. The highest BCUT2D eigenvalue weighted by Gasteiger charge is 2.33. The molecule has 0 aliphatic heterocycles. The lowest BCUT2D eigenvalue weighted by atomic mass is 9.92. The Labute approximate surface area is 218 Å². The molecule has 3 aromatic carbocycles. The molecule has 6 aromatic rings. The number of para-hydroxylation sites is 3. The van der Waals surface area contributed by atoms with Gasteiger partial charge in [-0.3, -0.25) is 0 Å². The summed E-state index contributed by atoms with van der Waals surface area (Å²) in [6, 6.07) is 24.0. The molecule has 0 bridgehead atoms.